The Morgan fingerprint density at radius 1 is 0.684 bits per heavy atom. The predicted octanol–water partition coefficient (Wildman–Crippen LogP) is 10.2. The van der Waals surface area contributed by atoms with Crippen molar-refractivity contribution in [2.45, 2.75) is 6.04 Å². The molecule has 0 spiro atoms. The quantitative estimate of drug-likeness (QED) is 0.228. The van der Waals surface area contributed by atoms with Gasteiger partial charge in [0.15, 0.2) is 0 Å². The summed E-state index contributed by atoms with van der Waals surface area (Å²) in [5, 5.41) is 13.4. The van der Waals surface area contributed by atoms with Crippen LogP contribution in [0.4, 0.5) is 0 Å². The van der Waals surface area contributed by atoms with Crippen LogP contribution in [0.3, 0.4) is 0 Å². The van der Waals surface area contributed by atoms with Gasteiger partial charge in [0.2, 0.25) is 0 Å². The summed E-state index contributed by atoms with van der Waals surface area (Å²) in [6.45, 7) is 0. The predicted molar refractivity (Wildman–Crippen MR) is 169 cm³/mol. The second-order valence-corrected chi connectivity index (χ2v) is 13.8. The van der Waals surface area contributed by atoms with E-state index in [9.17, 15) is 0 Å². The van der Waals surface area contributed by atoms with Crippen molar-refractivity contribution in [3.05, 3.63) is 112 Å². The average Bonchev–Trinajstić information content (AvgIpc) is 3.75. The van der Waals surface area contributed by atoms with Crippen LogP contribution in [0, 0.1) is 0 Å². The molecule has 1 aliphatic heterocycles. The lowest BCUT2D eigenvalue weighted by Crippen LogP contribution is -2.24. The number of nitrogens with zero attached hydrogens (tertiary/aromatic N) is 1. The fourth-order valence-corrected chi connectivity index (χ4v) is 9.42. The highest BCUT2D eigenvalue weighted by Gasteiger charge is 2.26. The molecule has 7 aromatic rings. The summed E-state index contributed by atoms with van der Waals surface area (Å²) in [7, 11) is 0. The first-order chi connectivity index (χ1) is 18.8. The van der Waals surface area contributed by atoms with Gasteiger partial charge in [-0.05, 0) is 82.6 Å². The molecule has 1 atom stereocenters. The van der Waals surface area contributed by atoms with Gasteiger partial charge in [0, 0.05) is 73.6 Å². The number of pyridine rings is 1. The Morgan fingerprint density at radius 2 is 1.37 bits per heavy atom. The highest BCUT2D eigenvalue weighted by Crippen LogP contribution is 2.43. The Hall–Kier alpha value is -3.55. The van der Waals surface area contributed by atoms with E-state index in [1.165, 1.54) is 72.4 Å². The van der Waals surface area contributed by atoms with Crippen LogP contribution in [0.5, 0.6) is 0 Å². The molecule has 1 N–H and O–H groups in total. The molecule has 2 nitrogen and oxygen atoms in total. The van der Waals surface area contributed by atoms with E-state index < -0.39 is 0 Å². The SMILES string of the molecule is C1=Cc2cc(-c3cc4c(ccc5sccc54)s3)cnc2C2NC=C(c3cc4c(ccc5sccc54)s3)C=C12. The fraction of sp³-hybridized carbons (Fsp3) is 0.0312. The monoisotopic (exact) mass is 558 g/mol. The molecule has 0 radical (unpaired) electrons. The van der Waals surface area contributed by atoms with Gasteiger partial charge in [-0.2, -0.15) is 0 Å². The summed E-state index contributed by atoms with van der Waals surface area (Å²) in [5.74, 6) is 0. The molecule has 0 amide bonds. The van der Waals surface area contributed by atoms with E-state index in [1.54, 1.807) is 11.3 Å². The number of thiophene rings is 4. The molecule has 1 unspecified atom stereocenters. The Balaban J connectivity index is 1.07. The molecular weight excluding hydrogens is 541 g/mol. The van der Waals surface area contributed by atoms with Gasteiger partial charge in [0.25, 0.3) is 0 Å². The normalized spacial score (nSPS) is 16.6. The standard InChI is InChI=1S/C32H18N2S4/c1-2-18-12-20(30-14-24-22-8-10-36-26(22)4-6-28(24)38-30)16-34-32(18)31-17(1)11-19(15-33-31)29-13-23-21-7-9-35-25(21)3-5-27(23)37-29/h1-16,31,33H. The number of nitrogens with one attached hydrogen (secondary N) is 1. The average molecular weight is 559 g/mol. The number of aromatic nitrogens is 1. The van der Waals surface area contributed by atoms with E-state index in [0.717, 1.165) is 5.69 Å². The molecule has 2 aromatic carbocycles. The zero-order chi connectivity index (χ0) is 24.8. The lowest BCUT2D eigenvalue weighted by Gasteiger charge is -2.27. The zero-order valence-electron chi connectivity index (χ0n) is 19.9. The Bertz CT molecular complexity index is 2180. The minimum absolute atomic E-state index is 0.0820. The van der Waals surface area contributed by atoms with E-state index >= 15 is 0 Å². The molecule has 0 bridgehead atoms. The lowest BCUT2D eigenvalue weighted by molar-refractivity contribution is 0.692. The van der Waals surface area contributed by atoms with Crippen LogP contribution in [0.15, 0.2) is 95.5 Å². The molecule has 38 heavy (non-hydrogen) atoms. The Kier molecular flexibility index (Phi) is 4.49. The van der Waals surface area contributed by atoms with Crippen molar-refractivity contribution in [3.63, 3.8) is 0 Å². The van der Waals surface area contributed by atoms with Gasteiger partial charge < -0.3 is 5.32 Å². The summed E-state index contributed by atoms with van der Waals surface area (Å²) >= 11 is 7.32. The van der Waals surface area contributed by atoms with Crippen LogP contribution in [-0.4, -0.2) is 4.98 Å². The smallest absolute Gasteiger partial charge is 0.0942 e. The van der Waals surface area contributed by atoms with Gasteiger partial charge in [-0.15, -0.1) is 45.3 Å². The van der Waals surface area contributed by atoms with Crippen molar-refractivity contribution in [2.24, 2.45) is 0 Å². The minimum atomic E-state index is 0.0820. The number of rotatable bonds is 2. The molecule has 1 aliphatic carbocycles. The second kappa shape index (κ2) is 7.98. The van der Waals surface area contributed by atoms with Gasteiger partial charge >= 0.3 is 0 Å². The van der Waals surface area contributed by atoms with Crippen molar-refractivity contribution in [2.75, 3.05) is 0 Å². The second-order valence-electron chi connectivity index (χ2n) is 9.72. The largest absolute Gasteiger partial charge is 0.378 e. The molecule has 0 fully saturated rings. The Morgan fingerprint density at radius 3 is 2.13 bits per heavy atom. The summed E-state index contributed by atoms with van der Waals surface area (Å²) in [4.78, 5) is 7.56. The van der Waals surface area contributed by atoms with Crippen LogP contribution in [0.2, 0.25) is 0 Å². The van der Waals surface area contributed by atoms with Gasteiger partial charge in [-0.3, -0.25) is 4.98 Å². The van der Waals surface area contributed by atoms with Gasteiger partial charge in [0.1, 0.15) is 0 Å². The van der Waals surface area contributed by atoms with Crippen LogP contribution in [0.25, 0.3) is 62.4 Å². The molecular formula is C32H18N2S4. The number of dihydropyridines is 1. The van der Waals surface area contributed by atoms with Crippen molar-refractivity contribution >= 4 is 97.3 Å². The summed E-state index contributed by atoms with van der Waals surface area (Å²) in [6.07, 6.45) is 11.0. The first-order valence-corrected chi connectivity index (χ1v) is 15.8. The number of benzene rings is 2. The first kappa shape index (κ1) is 21.4. The highest BCUT2D eigenvalue weighted by molar-refractivity contribution is 7.23. The maximum Gasteiger partial charge on any atom is 0.0942 e. The minimum Gasteiger partial charge on any atom is -0.378 e. The molecule has 0 saturated carbocycles. The third-order valence-electron chi connectivity index (χ3n) is 7.57. The summed E-state index contributed by atoms with van der Waals surface area (Å²) in [6, 6.07) is 20.5. The van der Waals surface area contributed by atoms with Crippen molar-refractivity contribution in [3.8, 4) is 10.4 Å². The van der Waals surface area contributed by atoms with Gasteiger partial charge in [0.05, 0.1) is 11.7 Å². The molecule has 0 saturated heterocycles. The first-order valence-electron chi connectivity index (χ1n) is 12.4. The maximum absolute atomic E-state index is 4.99. The third kappa shape index (κ3) is 3.12. The van der Waals surface area contributed by atoms with E-state index in [2.05, 4.69) is 95.1 Å². The zero-order valence-corrected chi connectivity index (χ0v) is 23.2. The number of hydrogen-bond acceptors (Lipinski definition) is 6. The van der Waals surface area contributed by atoms with E-state index in [-0.39, 0.29) is 6.04 Å². The van der Waals surface area contributed by atoms with E-state index in [0.29, 0.717) is 0 Å². The summed E-state index contributed by atoms with van der Waals surface area (Å²) < 4.78 is 5.37. The van der Waals surface area contributed by atoms with Crippen molar-refractivity contribution in [1.29, 1.82) is 0 Å². The number of allylic oxidation sites excluding steroid dienone is 2. The summed E-state index contributed by atoms with van der Waals surface area (Å²) in [5.41, 5.74) is 5.96. The van der Waals surface area contributed by atoms with Crippen LogP contribution in [0.1, 0.15) is 22.2 Å². The fourth-order valence-electron chi connectivity index (χ4n) is 5.70. The van der Waals surface area contributed by atoms with Gasteiger partial charge in [-0.1, -0.05) is 12.2 Å². The third-order valence-corrected chi connectivity index (χ3v) is 11.6. The highest BCUT2D eigenvalue weighted by atomic mass is 32.1. The molecule has 180 valence electrons. The van der Waals surface area contributed by atoms with E-state index in [1.807, 2.05) is 40.2 Å². The van der Waals surface area contributed by atoms with Crippen LogP contribution >= 0.6 is 45.3 Å². The molecule has 9 rings (SSSR count). The number of hydrogen-bond donors (Lipinski definition) is 1. The van der Waals surface area contributed by atoms with Crippen LogP contribution < -0.4 is 5.32 Å². The molecule has 6 heterocycles. The van der Waals surface area contributed by atoms with Crippen LogP contribution in [-0.2, 0) is 0 Å². The number of fused-ring (bicyclic) bond motifs is 9. The van der Waals surface area contributed by atoms with Crippen molar-refractivity contribution < 1.29 is 0 Å². The molecule has 2 aliphatic rings. The Labute approximate surface area is 234 Å². The van der Waals surface area contributed by atoms with Gasteiger partial charge in [-0.25, -0.2) is 0 Å². The maximum atomic E-state index is 4.99. The van der Waals surface area contributed by atoms with E-state index in [4.69, 9.17) is 4.98 Å². The topological polar surface area (TPSA) is 24.9 Å². The molecule has 5 aromatic heterocycles. The lowest BCUT2D eigenvalue weighted by atomic mass is 9.89. The van der Waals surface area contributed by atoms with Crippen molar-refractivity contribution in [1.82, 2.24) is 10.3 Å². The molecule has 6 heteroatoms.